The first-order valence-corrected chi connectivity index (χ1v) is 5.08. The van der Waals surface area contributed by atoms with Gasteiger partial charge in [-0.2, -0.15) is 0 Å². The Hall–Kier alpha value is -1.28. The van der Waals surface area contributed by atoms with E-state index in [2.05, 4.69) is 36.2 Å². The molecular formula is C12H16N2. The number of hydrogen-bond donors (Lipinski definition) is 2. The molecule has 0 saturated heterocycles. The van der Waals surface area contributed by atoms with Gasteiger partial charge in [0, 0.05) is 11.2 Å². The van der Waals surface area contributed by atoms with Crippen molar-refractivity contribution in [2.45, 2.75) is 19.8 Å². The van der Waals surface area contributed by atoms with Crippen LogP contribution in [-0.4, -0.2) is 11.5 Å². The lowest BCUT2D eigenvalue weighted by Gasteiger charge is -1.93. The molecule has 0 aliphatic heterocycles. The highest BCUT2D eigenvalue weighted by Gasteiger charge is 1.99. The van der Waals surface area contributed by atoms with Crippen molar-refractivity contribution in [3.63, 3.8) is 0 Å². The molecule has 14 heavy (non-hydrogen) atoms. The number of H-pyrrole nitrogens is 1. The Morgan fingerprint density at radius 1 is 1.29 bits per heavy atom. The molecule has 2 nitrogen and oxygen atoms in total. The molecule has 1 aromatic carbocycles. The van der Waals surface area contributed by atoms with Crippen LogP contribution >= 0.6 is 0 Å². The minimum atomic E-state index is 0.758. The molecule has 0 fully saturated rings. The van der Waals surface area contributed by atoms with Crippen molar-refractivity contribution in [1.29, 1.82) is 0 Å². The topological polar surface area (TPSA) is 41.8 Å². The maximum atomic E-state index is 5.48. The number of nitrogens with one attached hydrogen (secondary N) is 1. The molecule has 2 aromatic rings. The summed E-state index contributed by atoms with van der Waals surface area (Å²) in [5.74, 6) is 0. The second-order valence-electron chi connectivity index (χ2n) is 3.78. The van der Waals surface area contributed by atoms with Gasteiger partial charge in [0.25, 0.3) is 0 Å². The molecule has 0 bridgehead atoms. The second-order valence-corrected chi connectivity index (χ2v) is 3.78. The fraction of sp³-hybridized carbons (Fsp3) is 0.333. The zero-order chi connectivity index (χ0) is 9.97. The molecule has 1 aromatic heterocycles. The molecule has 0 atom stereocenters. The van der Waals surface area contributed by atoms with E-state index >= 15 is 0 Å². The molecule has 0 saturated carbocycles. The van der Waals surface area contributed by atoms with Crippen LogP contribution in [0.2, 0.25) is 0 Å². The van der Waals surface area contributed by atoms with Gasteiger partial charge in [-0.15, -0.1) is 0 Å². The van der Waals surface area contributed by atoms with Crippen molar-refractivity contribution in [2.24, 2.45) is 5.73 Å². The summed E-state index contributed by atoms with van der Waals surface area (Å²) in [4.78, 5) is 3.42. The van der Waals surface area contributed by atoms with E-state index in [1.165, 1.54) is 22.2 Å². The fourth-order valence-electron chi connectivity index (χ4n) is 1.73. The van der Waals surface area contributed by atoms with Crippen LogP contribution in [-0.2, 0) is 6.42 Å². The third-order valence-corrected chi connectivity index (χ3v) is 2.48. The SMILES string of the molecule is Cc1ccc2cc(CCCN)[nH]c2c1. The van der Waals surface area contributed by atoms with Crippen LogP contribution in [0.1, 0.15) is 17.7 Å². The lowest BCUT2D eigenvalue weighted by Crippen LogP contribution is -2.00. The third kappa shape index (κ3) is 1.80. The van der Waals surface area contributed by atoms with Crippen LogP contribution in [0.5, 0.6) is 0 Å². The van der Waals surface area contributed by atoms with E-state index in [9.17, 15) is 0 Å². The summed E-state index contributed by atoms with van der Waals surface area (Å²) in [6.45, 7) is 2.87. The first kappa shape index (κ1) is 9.28. The quantitative estimate of drug-likeness (QED) is 0.763. The second kappa shape index (κ2) is 3.84. The van der Waals surface area contributed by atoms with Crippen molar-refractivity contribution >= 4 is 10.9 Å². The van der Waals surface area contributed by atoms with Gasteiger partial charge in [-0.1, -0.05) is 12.1 Å². The van der Waals surface area contributed by atoms with Gasteiger partial charge in [0.1, 0.15) is 0 Å². The molecular weight excluding hydrogens is 172 g/mol. The van der Waals surface area contributed by atoms with Crippen LogP contribution < -0.4 is 5.73 Å². The zero-order valence-corrected chi connectivity index (χ0v) is 8.51. The summed E-state index contributed by atoms with van der Waals surface area (Å²) in [6.07, 6.45) is 2.09. The number of nitrogens with two attached hydrogens (primary N) is 1. The van der Waals surface area contributed by atoms with Crippen molar-refractivity contribution in [2.75, 3.05) is 6.54 Å². The molecule has 0 radical (unpaired) electrons. The normalized spacial score (nSPS) is 11.0. The summed E-state index contributed by atoms with van der Waals surface area (Å²) in [5, 5.41) is 1.29. The average Bonchev–Trinajstić information content (AvgIpc) is 2.56. The molecule has 2 rings (SSSR count). The molecule has 74 valence electrons. The molecule has 0 aliphatic rings. The summed E-state index contributed by atoms with van der Waals surface area (Å²) in [7, 11) is 0. The van der Waals surface area contributed by atoms with Crippen LogP contribution in [0.4, 0.5) is 0 Å². The lowest BCUT2D eigenvalue weighted by molar-refractivity contribution is 0.818. The van der Waals surface area contributed by atoms with E-state index in [4.69, 9.17) is 5.73 Å². The van der Waals surface area contributed by atoms with Gasteiger partial charge < -0.3 is 10.7 Å². The Morgan fingerprint density at radius 3 is 2.93 bits per heavy atom. The summed E-state index contributed by atoms with van der Waals surface area (Å²) in [6, 6.07) is 8.70. The van der Waals surface area contributed by atoms with Gasteiger partial charge in [-0.05, 0) is 49.4 Å². The van der Waals surface area contributed by atoms with Crippen LogP contribution in [0, 0.1) is 6.92 Å². The summed E-state index contributed by atoms with van der Waals surface area (Å²) >= 11 is 0. The predicted octanol–water partition coefficient (Wildman–Crippen LogP) is 2.37. The number of aromatic nitrogens is 1. The predicted molar refractivity (Wildman–Crippen MR) is 60.4 cm³/mol. The molecule has 1 heterocycles. The maximum Gasteiger partial charge on any atom is 0.0458 e. The van der Waals surface area contributed by atoms with Crippen molar-refractivity contribution in [3.8, 4) is 0 Å². The smallest absolute Gasteiger partial charge is 0.0458 e. The minimum Gasteiger partial charge on any atom is -0.358 e. The lowest BCUT2D eigenvalue weighted by atomic mass is 10.2. The Balaban J connectivity index is 2.32. The fourth-order valence-corrected chi connectivity index (χ4v) is 1.73. The number of aromatic amines is 1. The van der Waals surface area contributed by atoms with E-state index in [0.717, 1.165) is 19.4 Å². The molecule has 3 N–H and O–H groups in total. The van der Waals surface area contributed by atoms with Gasteiger partial charge in [0.05, 0.1) is 0 Å². The van der Waals surface area contributed by atoms with Crippen molar-refractivity contribution in [1.82, 2.24) is 4.98 Å². The highest BCUT2D eigenvalue weighted by molar-refractivity contribution is 5.81. The van der Waals surface area contributed by atoms with Gasteiger partial charge in [-0.25, -0.2) is 0 Å². The van der Waals surface area contributed by atoms with Crippen LogP contribution in [0.15, 0.2) is 24.3 Å². The van der Waals surface area contributed by atoms with Crippen LogP contribution in [0.3, 0.4) is 0 Å². The van der Waals surface area contributed by atoms with Crippen molar-refractivity contribution in [3.05, 3.63) is 35.5 Å². The van der Waals surface area contributed by atoms with Gasteiger partial charge in [-0.3, -0.25) is 0 Å². The minimum absolute atomic E-state index is 0.758. The largest absolute Gasteiger partial charge is 0.358 e. The standard InChI is InChI=1S/C12H16N2/c1-9-4-5-10-8-11(3-2-6-13)14-12(10)7-9/h4-5,7-8,14H,2-3,6,13H2,1H3. The number of aryl methyl sites for hydroxylation is 2. The maximum absolute atomic E-state index is 5.48. The van der Waals surface area contributed by atoms with E-state index in [1.807, 2.05) is 0 Å². The molecule has 0 spiro atoms. The zero-order valence-electron chi connectivity index (χ0n) is 8.51. The Kier molecular flexibility index (Phi) is 2.55. The third-order valence-electron chi connectivity index (χ3n) is 2.48. The Morgan fingerprint density at radius 2 is 2.14 bits per heavy atom. The molecule has 0 unspecified atom stereocenters. The number of fused-ring (bicyclic) bond motifs is 1. The number of rotatable bonds is 3. The van der Waals surface area contributed by atoms with E-state index in [1.54, 1.807) is 0 Å². The molecule has 0 amide bonds. The number of benzene rings is 1. The Bertz CT molecular complexity index is 429. The number of hydrogen-bond acceptors (Lipinski definition) is 1. The summed E-state index contributed by atoms with van der Waals surface area (Å²) < 4.78 is 0. The van der Waals surface area contributed by atoms with Gasteiger partial charge in [0.2, 0.25) is 0 Å². The van der Waals surface area contributed by atoms with Gasteiger partial charge in [0.15, 0.2) is 0 Å². The summed E-state index contributed by atoms with van der Waals surface area (Å²) in [5.41, 5.74) is 9.30. The van der Waals surface area contributed by atoms with Gasteiger partial charge >= 0.3 is 0 Å². The van der Waals surface area contributed by atoms with Crippen LogP contribution in [0.25, 0.3) is 10.9 Å². The Labute approximate surface area is 84.1 Å². The van der Waals surface area contributed by atoms with E-state index in [0.29, 0.717) is 0 Å². The van der Waals surface area contributed by atoms with E-state index in [-0.39, 0.29) is 0 Å². The monoisotopic (exact) mass is 188 g/mol. The molecule has 2 heteroatoms. The van der Waals surface area contributed by atoms with E-state index < -0.39 is 0 Å². The first-order valence-electron chi connectivity index (χ1n) is 5.08. The average molecular weight is 188 g/mol. The first-order chi connectivity index (χ1) is 6.79. The highest BCUT2D eigenvalue weighted by Crippen LogP contribution is 2.17. The van der Waals surface area contributed by atoms with Crippen molar-refractivity contribution < 1.29 is 0 Å². The molecule has 0 aliphatic carbocycles. The highest BCUT2D eigenvalue weighted by atomic mass is 14.7.